The minimum absolute atomic E-state index is 0.117. The number of anilines is 1. The fourth-order valence-electron chi connectivity index (χ4n) is 1.56. The summed E-state index contributed by atoms with van der Waals surface area (Å²) in [5, 5.41) is 5.12. The van der Waals surface area contributed by atoms with Crippen molar-refractivity contribution in [1.82, 2.24) is 4.98 Å². The van der Waals surface area contributed by atoms with Crippen LogP contribution in [0.1, 0.15) is 13.3 Å². The number of thiazole rings is 1. The van der Waals surface area contributed by atoms with E-state index in [0.29, 0.717) is 29.8 Å². The molecule has 0 radical (unpaired) electrons. The van der Waals surface area contributed by atoms with Gasteiger partial charge in [0.2, 0.25) is 5.91 Å². The molecule has 1 amide bonds. The van der Waals surface area contributed by atoms with Crippen LogP contribution in [0.3, 0.4) is 0 Å². The number of ether oxygens (including phenoxy) is 2. The van der Waals surface area contributed by atoms with Crippen LogP contribution in [-0.4, -0.2) is 24.1 Å². The highest BCUT2D eigenvalue weighted by Gasteiger charge is 2.07. The van der Waals surface area contributed by atoms with E-state index in [1.54, 1.807) is 6.20 Å². The monoisotopic (exact) mass is 292 g/mol. The lowest BCUT2D eigenvalue weighted by Crippen LogP contribution is -2.15. The first-order chi connectivity index (χ1) is 9.79. The van der Waals surface area contributed by atoms with Crippen molar-refractivity contribution < 1.29 is 14.3 Å². The summed E-state index contributed by atoms with van der Waals surface area (Å²) in [4.78, 5) is 15.6. The van der Waals surface area contributed by atoms with Crippen LogP contribution >= 0.6 is 11.3 Å². The Morgan fingerprint density at radius 1 is 1.30 bits per heavy atom. The molecule has 1 N–H and O–H groups in total. The second kappa shape index (κ2) is 7.49. The molecule has 1 heterocycles. The number of carbonyl (C=O) groups excluding carboxylic acids is 1. The number of para-hydroxylation sites is 2. The largest absolute Gasteiger partial charge is 0.490 e. The van der Waals surface area contributed by atoms with Crippen molar-refractivity contribution in [3.63, 3.8) is 0 Å². The van der Waals surface area contributed by atoms with Crippen LogP contribution in [0.5, 0.6) is 11.5 Å². The molecule has 2 rings (SSSR count). The van der Waals surface area contributed by atoms with Crippen molar-refractivity contribution in [2.24, 2.45) is 0 Å². The molecule has 0 unspecified atom stereocenters. The van der Waals surface area contributed by atoms with Gasteiger partial charge in [0, 0.05) is 11.6 Å². The van der Waals surface area contributed by atoms with E-state index in [2.05, 4.69) is 10.3 Å². The van der Waals surface area contributed by atoms with Gasteiger partial charge >= 0.3 is 0 Å². The zero-order valence-corrected chi connectivity index (χ0v) is 12.0. The van der Waals surface area contributed by atoms with Gasteiger partial charge in [-0.05, 0) is 19.1 Å². The molecule has 20 heavy (non-hydrogen) atoms. The van der Waals surface area contributed by atoms with E-state index in [0.717, 1.165) is 0 Å². The molecule has 0 spiro atoms. The Morgan fingerprint density at radius 3 is 2.70 bits per heavy atom. The molecule has 0 aliphatic heterocycles. The van der Waals surface area contributed by atoms with Gasteiger partial charge < -0.3 is 14.8 Å². The Kier molecular flexibility index (Phi) is 5.37. The van der Waals surface area contributed by atoms with Crippen molar-refractivity contribution >= 4 is 22.4 Å². The highest BCUT2D eigenvalue weighted by atomic mass is 32.1. The van der Waals surface area contributed by atoms with Crippen molar-refractivity contribution in [2.75, 3.05) is 18.5 Å². The number of hydrogen-bond acceptors (Lipinski definition) is 5. The Bertz CT molecular complexity index is 543. The maximum absolute atomic E-state index is 11.7. The predicted molar refractivity (Wildman–Crippen MR) is 78.5 cm³/mol. The van der Waals surface area contributed by atoms with Crippen molar-refractivity contribution in [3.8, 4) is 11.5 Å². The van der Waals surface area contributed by atoms with Crippen molar-refractivity contribution in [2.45, 2.75) is 13.3 Å². The number of hydrogen-bond donors (Lipinski definition) is 1. The fraction of sp³-hybridized carbons (Fsp3) is 0.286. The molecular weight excluding hydrogens is 276 g/mol. The third-order valence-electron chi connectivity index (χ3n) is 2.41. The second-order valence-corrected chi connectivity index (χ2v) is 4.76. The summed E-state index contributed by atoms with van der Waals surface area (Å²) in [6, 6.07) is 7.42. The molecule has 0 aliphatic rings. The number of nitrogens with zero attached hydrogens (tertiary/aromatic N) is 1. The summed E-state index contributed by atoms with van der Waals surface area (Å²) in [7, 11) is 0. The summed E-state index contributed by atoms with van der Waals surface area (Å²) < 4.78 is 11.0. The maximum Gasteiger partial charge on any atom is 0.229 e. The molecule has 0 fully saturated rings. The third kappa shape index (κ3) is 4.24. The van der Waals surface area contributed by atoms with Gasteiger partial charge in [0.15, 0.2) is 16.6 Å². The number of aromatic nitrogens is 1. The number of nitrogens with one attached hydrogen (secondary N) is 1. The molecule has 106 valence electrons. The SMILES string of the molecule is CCOc1ccccc1OCCC(=O)Nc1nccs1. The first kappa shape index (κ1) is 14.3. The van der Waals surface area contributed by atoms with Gasteiger partial charge in [-0.15, -0.1) is 11.3 Å². The van der Waals surface area contributed by atoms with Gasteiger partial charge in [0.1, 0.15) is 0 Å². The smallest absolute Gasteiger partial charge is 0.229 e. The predicted octanol–water partition coefficient (Wildman–Crippen LogP) is 2.95. The maximum atomic E-state index is 11.7. The number of benzene rings is 1. The average Bonchev–Trinajstić information content (AvgIpc) is 2.94. The van der Waals surface area contributed by atoms with Gasteiger partial charge in [-0.25, -0.2) is 4.98 Å². The lowest BCUT2D eigenvalue weighted by molar-refractivity contribution is -0.116. The molecular formula is C14H16N2O3S. The Morgan fingerprint density at radius 2 is 2.05 bits per heavy atom. The quantitative estimate of drug-likeness (QED) is 0.852. The zero-order chi connectivity index (χ0) is 14.2. The number of rotatable bonds is 7. The fourth-order valence-corrected chi connectivity index (χ4v) is 2.11. The number of carbonyl (C=O) groups is 1. The molecule has 6 heteroatoms. The van der Waals surface area contributed by atoms with Crippen molar-refractivity contribution in [3.05, 3.63) is 35.8 Å². The lowest BCUT2D eigenvalue weighted by Gasteiger charge is -2.11. The molecule has 0 saturated heterocycles. The van der Waals surface area contributed by atoms with Gasteiger partial charge in [-0.1, -0.05) is 12.1 Å². The summed E-state index contributed by atoms with van der Waals surface area (Å²) in [5.41, 5.74) is 0. The van der Waals surface area contributed by atoms with E-state index in [1.807, 2.05) is 36.6 Å². The highest BCUT2D eigenvalue weighted by Crippen LogP contribution is 2.26. The van der Waals surface area contributed by atoms with E-state index in [4.69, 9.17) is 9.47 Å². The van der Waals surface area contributed by atoms with Crippen molar-refractivity contribution in [1.29, 1.82) is 0 Å². The Balaban J connectivity index is 1.79. The number of amides is 1. The molecule has 5 nitrogen and oxygen atoms in total. The summed E-state index contributed by atoms with van der Waals surface area (Å²) in [6.45, 7) is 2.78. The molecule has 0 saturated carbocycles. The average molecular weight is 292 g/mol. The van der Waals surface area contributed by atoms with Gasteiger partial charge in [-0.2, -0.15) is 0 Å². The van der Waals surface area contributed by atoms with Crippen LogP contribution in [0.4, 0.5) is 5.13 Å². The van der Waals surface area contributed by atoms with Crippen LogP contribution in [0.15, 0.2) is 35.8 Å². The molecule has 0 atom stereocenters. The third-order valence-corrected chi connectivity index (χ3v) is 3.10. The van der Waals surface area contributed by atoms with Crippen LogP contribution in [-0.2, 0) is 4.79 Å². The summed E-state index contributed by atoms with van der Waals surface area (Å²) in [6.07, 6.45) is 1.91. The van der Waals surface area contributed by atoms with Gasteiger partial charge in [0.25, 0.3) is 0 Å². The van der Waals surface area contributed by atoms with E-state index >= 15 is 0 Å². The first-order valence-corrected chi connectivity index (χ1v) is 7.21. The summed E-state index contributed by atoms with van der Waals surface area (Å²) >= 11 is 1.39. The van der Waals surface area contributed by atoms with E-state index in [1.165, 1.54) is 11.3 Å². The molecule has 0 aliphatic carbocycles. The van der Waals surface area contributed by atoms with Crippen LogP contribution in [0.25, 0.3) is 0 Å². The second-order valence-electron chi connectivity index (χ2n) is 3.86. The van der Waals surface area contributed by atoms with Crippen LogP contribution in [0.2, 0.25) is 0 Å². The normalized spacial score (nSPS) is 10.1. The molecule has 1 aromatic carbocycles. The zero-order valence-electron chi connectivity index (χ0n) is 11.2. The van der Waals surface area contributed by atoms with Crippen LogP contribution in [0, 0.1) is 0 Å². The summed E-state index contributed by atoms with van der Waals surface area (Å²) in [5.74, 6) is 1.22. The topological polar surface area (TPSA) is 60.5 Å². The van der Waals surface area contributed by atoms with E-state index in [-0.39, 0.29) is 12.3 Å². The van der Waals surface area contributed by atoms with Gasteiger partial charge in [-0.3, -0.25) is 4.79 Å². The molecule has 0 bridgehead atoms. The van der Waals surface area contributed by atoms with Crippen LogP contribution < -0.4 is 14.8 Å². The standard InChI is InChI=1S/C14H16N2O3S/c1-2-18-11-5-3-4-6-12(11)19-9-7-13(17)16-14-15-8-10-20-14/h3-6,8,10H,2,7,9H2,1H3,(H,15,16,17). The minimum Gasteiger partial charge on any atom is -0.490 e. The Labute approximate surface area is 121 Å². The molecule has 2 aromatic rings. The first-order valence-electron chi connectivity index (χ1n) is 6.33. The molecule has 1 aromatic heterocycles. The lowest BCUT2D eigenvalue weighted by atomic mass is 10.3. The van der Waals surface area contributed by atoms with Gasteiger partial charge in [0.05, 0.1) is 19.6 Å². The minimum atomic E-state index is -0.117. The van der Waals surface area contributed by atoms with E-state index in [9.17, 15) is 4.79 Å². The Hall–Kier alpha value is -2.08. The highest BCUT2D eigenvalue weighted by molar-refractivity contribution is 7.13. The van der Waals surface area contributed by atoms with E-state index < -0.39 is 0 Å².